The maximum Gasteiger partial charge on any atom is 0.188 e. The molecular weight excluding hydrogens is 505 g/mol. The molecule has 3 N–H and O–H groups in total. The van der Waals surface area contributed by atoms with Gasteiger partial charge < -0.3 is 25.4 Å². The van der Waals surface area contributed by atoms with E-state index in [4.69, 9.17) is 15.2 Å². The van der Waals surface area contributed by atoms with Crippen molar-refractivity contribution in [1.29, 1.82) is 0 Å². The molecule has 2 aromatic carbocycles. The first-order chi connectivity index (χ1) is 14.7. The molecule has 0 amide bonds. The Morgan fingerprint density at radius 2 is 1.71 bits per heavy atom. The van der Waals surface area contributed by atoms with Crippen LogP contribution in [0.25, 0.3) is 0 Å². The molecule has 0 atom stereocenters. The summed E-state index contributed by atoms with van der Waals surface area (Å²) in [5.74, 6) is 1.88. The Bertz CT molecular complexity index is 811. The first-order valence-electron chi connectivity index (χ1n) is 10.5. The number of hydrogen-bond acceptors (Lipinski definition) is 5. The lowest BCUT2D eigenvalue weighted by molar-refractivity contribution is 0.255. The van der Waals surface area contributed by atoms with Crippen LogP contribution in [0, 0.1) is 0 Å². The standard InChI is InChI=1S/C23H33N5O2.HI/c1-29-21-10-9-19(17-22(21)30-2)18-26-23(24)25-11-6-12-27-13-15-28(16-14-27)20-7-4-3-5-8-20;/h3-5,7-10,17H,6,11-16,18H2,1-2H3,(H3,24,25,26);1H. The molecule has 2 aromatic rings. The number of benzene rings is 2. The zero-order valence-electron chi connectivity index (χ0n) is 18.4. The van der Waals surface area contributed by atoms with Crippen LogP contribution >= 0.6 is 24.0 Å². The SMILES string of the molecule is COc1ccc(CN=C(N)NCCCN2CCN(c3ccccc3)CC2)cc1OC.I. The van der Waals surface area contributed by atoms with E-state index in [1.807, 2.05) is 18.2 Å². The van der Waals surface area contributed by atoms with Gasteiger partial charge >= 0.3 is 0 Å². The number of guanidine groups is 1. The molecule has 1 saturated heterocycles. The van der Waals surface area contributed by atoms with Crippen molar-refractivity contribution < 1.29 is 9.47 Å². The second kappa shape index (κ2) is 13.3. The maximum absolute atomic E-state index is 6.01. The number of nitrogens with two attached hydrogens (primary N) is 1. The number of rotatable bonds is 9. The van der Waals surface area contributed by atoms with Crippen LogP contribution in [0.1, 0.15) is 12.0 Å². The molecule has 170 valence electrons. The second-order valence-electron chi connectivity index (χ2n) is 7.34. The minimum Gasteiger partial charge on any atom is -0.493 e. The highest BCUT2D eigenvalue weighted by molar-refractivity contribution is 14.0. The Morgan fingerprint density at radius 3 is 2.39 bits per heavy atom. The summed E-state index contributed by atoms with van der Waals surface area (Å²) < 4.78 is 10.6. The number of ether oxygens (including phenoxy) is 2. The van der Waals surface area contributed by atoms with Crippen LogP contribution in [0.4, 0.5) is 5.69 Å². The Kier molecular flexibility index (Phi) is 10.7. The summed E-state index contributed by atoms with van der Waals surface area (Å²) in [6.07, 6.45) is 1.04. The second-order valence-corrected chi connectivity index (χ2v) is 7.34. The van der Waals surface area contributed by atoms with E-state index in [0.29, 0.717) is 24.0 Å². The lowest BCUT2D eigenvalue weighted by atomic mass is 10.2. The molecule has 1 aliphatic heterocycles. The fourth-order valence-corrected chi connectivity index (χ4v) is 3.60. The molecule has 0 saturated carbocycles. The summed E-state index contributed by atoms with van der Waals surface area (Å²) in [7, 11) is 3.25. The van der Waals surface area contributed by atoms with Gasteiger partial charge in [-0.2, -0.15) is 0 Å². The summed E-state index contributed by atoms with van der Waals surface area (Å²) >= 11 is 0. The third-order valence-corrected chi connectivity index (χ3v) is 5.33. The molecule has 0 radical (unpaired) electrons. The van der Waals surface area contributed by atoms with Gasteiger partial charge in [0.25, 0.3) is 0 Å². The van der Waals surface area contributed by atoms with Gasteiger partial charge in [0.05, 0.1) is 20.8 Å². The van der Waals surface area contributed by atoms with Crippen LogP contribution in [0.5, 0.6) is 11.5 Å². The van der Waals surface area contributed by atoms with Gasteiger partial charge in [-0.1, -0.05) is 24.3 Å². The van der Waals surface area contributed by atoms with Crippen LogP contribution in [-0.4, -0.2) is 64.3 Å². The highest BCUT2D eigenvalue weighted by Crippen LogP contribution is 2.27. The lowest BCUT2D eigenvalue weighted by Gasteiger charge is -2.36. The molecule has 0 spiro atoms. The summed E-state index contributed by atoms with van der Waals surface area (Å²) in [5.41, 5.74) is 8.35. The van der Waals surface area contributed by atoms with Crippen molar-refractivity contribution in [3.05, 3.63) is 54.1 Å². The predicted molar refractivity (Wildman–Crippen MR) is 138 cm³/mol. The normalized spacial score (nSPS) is 14.6. The van der Waals surface area contributed by atoms with Crippen LogP contribution in [-0.2, 0) is 6.54 Å². The van der Waals surface area contributed by atoms with E-state index >= 15 is 0 Å². The number of hydrogen-bond donors (Lipinski definition) is 2. The van der Waals surface area contributed by atoms with Gasteiger partial charge in [-0.3, -0.25) is 4.90 Å². The highest BCUT2D eigenvalue weighted by Gasteiger charge is 2.16. The summed E-state index contributed by atoms with van der Waals surface area (Å²) in [5, 5.41) is 3.21. The molecule has 0 aliphatic carbocycles. The summed E-state index contributed by atoms with van der Waals surface area (Å²) in [6, 6.07) is 16.4. The van der Waals surface area contributed by atoms with E-state index in [9.17, 15) is 0 Å². The Labute approximate surface area is 202 Å². The average Bonchev–Trinajstić information content (AvgIpc) is 2.81. The smallest absolute Gasteiger partial charge is 0.188 e. The average molecular weight is 539 g/mol. The first-order valence-corrected chi connectivity index (χ1v) is 10.5. The number of aliphatic imine (C=N–C) groups is 1. The van der Waals surface area contributed by atoms with Gasteiger partial charge in [0, 0.05) is 38.4 Å². The largest absolute Gasteiger partial charge is 0.493 e. The Morgan fingerprint density at radius 1 is 1.00 bits per heavy atom. The molecule has 3 rings (SSSR count). The number of para-hydroxylation sites is 1. The van der Waals surface area contributed by atoms with Crippen molar-refractivity contribution in [2.45, 2.75) is 13.0 Å². The van der Waals surface area contributed by atoms with E-state index in [2.05, 4.69) is 50.4 Å². The Balaban J connectivity index is 0.00000341. The quantitative estimate of drug-likeness (QED) is 0.221. The van der Waals surface area contributed by atoms with Crippen LogP contribution in [0.2, 0.25) is 0 Å². The van der Waals surface area contributed by atoms with E-state index < -0.39 is 0 Å². The molecule has 8 heteroatoms. The highest BCUT2D eigenvalue weighted by atomic mass is 127. The third-order valence-electron chi connectivity index (χ3n) is 5.33. The number of nitrogens with zero attached hydrogens (tertiary/aromatic N) is 3. The number of anilines is 1. The third kappa shape index (κ3) is 7.77. The minimum absolute atomic E-state index is 0. The Hall–Kier alpha value is -2.20. The molecule has 0 unspecified atom stereocenters. The molecule has 0 aromatic heterocycles. The maximum atomic E-state index is 6.01. The van der Waals surface area contributed by atoms with Crippen molar-refractivity contribution in [1.82, 2.24) is 10.2 Å². The van der Waals surface area contributed by atoms with Crippen molar-refractivity contribution >= 4 is 35.6 Å². The molecule has 1 aliphatic rings. The number of piperazine rings is 1. The fourth-order valence-electron chi connectivity index (χ4n) is 3.60. The summed E-state index contributed by atoms with van der Waals surface area (Å²) in [6.45, 7) is 6.73. The molecule has 7 nitrogen and oxygen atoms in total. The fraction of sp³-hybridized carbons (Fsp3) is 0.435. The van der Waals surface area contributed by atoms with Crippen molar-refractivity contribution in [2.75, 3.05) is 58.4 Å². The van der Waals surface area contributed by atoms with Gasteiger partial charge in [0.15, 0.2) is 17.5 Å². The molecule has 1 fully saturated rings. The van der Waals surface area contributed by atoms with Crippen LogP contribution < -0.4 is 25.4 Å². The molecule has 31 heavy (non-hydrogen) atoms. The summed E-state index contributed by atoms with van der Waals surface area (Å²) in [4.78, 5) is 9.38. The van der Waals surface area contributed by atoms with Crippen LogP contribution in [0.3, 0.4) is 0 Å². The predicted octanol–water partition coefficient (Wildman–Crippen LogP) is 2.94. The number of halogens is 1. The van der Waals surface area contributed by atoms with Crippen LogP contribution in [0.15, 0.2) is 53.5 Å². The minimum atomic E-state index is 0. The van der Waals surface area contributed by atoms with Crippen molar-refractivity contribution in [2.24, 2.45) is 10.7 Å². The van der Waals surface area contributed by atoms with Gasteiger partial charge in [-0.05, 0) is 42.8 Å². The van der Waals surface area contributed by atoms with Gasteiger partial charge in [-0.15, -0.1) is 24.0 Å². The van der Waals surface area contributed by atoms with Crippen molar-refractivity contribution in [3.63, 3.8) is 0 Å². The van der Waals surface area contributed by atoms with Gasteiger partial charge in [0.1, 0.15) is 0 Å². The van der Waals surface area contributed by atoms with Gasteiger partial charge in [-0.25, -0.2) is 4.99 Å². The molecule has 0 bridgehead atoms. The first kappa shape index (κ1) is 25.1. The molecular formula is C23H34IN5O2. The zero-order chi connectivity index (χ0) is 21.2. The lowest BCUT2D eigenvalue weighted by Crippen LogP contribution is -2.47. The van der Waals surface area contributed by atoms with E-state index in [1.54, 1.807) is 14.2 Å². The van der Waals surface area contributed by atoms with E-state index in [1.165, 1.54) is 5.69 Å². The number of methoxy groups -OCH3 is 2. The van der Waals surface area contributed by atoms with Crippen molar-refractivity contribution in [3.8, 4) is 11.5 Å². The topological polar surface area (TPSA) is 75.4 Å². The van der Waals surface area contributed by atoms with E-state index in [0.717, 1.165) is 51.3 Å². The molecule has 1 heterocycles. The zero-order valence-corrected chi connectivity index (χ0v) is 20.7. The van der Waals surface area contributed by atoms with Gasteiger partial charge in [0.2, 0.25) is 0 Å². The van der Waals surface area contributed by atoms with E-state index in [-0.39, 0.29) is 24.0 Å². The monoisotopic (exact) mass is 539 g/mol. The number of nitrogens with one attached hydrogen (secondary N) is 1.